The largest absolute Gasteiger partial charge is 0.490 e. The molecule has 0 radical (unpaired) electrons. The number of aliphatic carboxylic acids is 2. The number of anilines is 2. The maximum Gasteiger partial charge on any atom is 0.490 e. The van der Waals surface area contributed by atoms with Gasteiger partial charge in [0.05, 0.1) is 41.1 Å². The quantitative estimate of drug-likeness (QED) is 0.0723. The molecule has 3 amide bonds. The number of halogens is 15. The van der Waals surface area contributed by atoms with Crippen molar-refractivity contribution in [3.8, 4) is 11.5 Å². The first kappa shape index (κ1) is 68.5. The smallest absolute Gasteiger partial charge is 0.489 e. The van der Waals surface area contributed by atoms with Gasteiger partial charge in [0, 0.05) is 35.6 Å². The van der Waals surface area contributed by atoms with E-state index in [1.807, 2.05) is 0 Å². The molecule has 0 bridgehead atoms. The first-order valence-electron chi connectivity index (χ1n) is 24.4. The molecule has 0 saturated carbocycles. The molecule has 31 heteroatoms. The number of nitrogens with one attached hydrogen (secondary N) is 1. The number of carbonyl (C=O) groups excluding carboxylic acids is 4. The number of alkyl halides is 15. The van der Waals surface area contributed by atoms with Crippen molar-refractivity contribution in [2.75, 3.05) is 22.9 Å². The first-order valence-corrected chi connectivity index (χ1v) is 24.4. The van der Waals surface area contributed by atoms with Gasteiger partial charge in [0.15, 0.2) is 0 Å². The summed E-state index contributed by atoms with van der Waals surface area (Å²) in [5, 5.41) is 18.4. The summed E-state index contributed by atoms with van der Waals surface area (Å²) in [6.07, 6.45) is -26.2. The second-order valence-corrected chi connectivity index (χ2v) is 20.4. The fraction of sp³-hybridized carbons (Fsp3) is 0.434. The monoisotopic (exact) mass is 1220 g/mol. The van der Waals surface area contributed by atoms with Crippen LogP contribution < -0.4 is 30.3 Å². The number of carbonyl (C=O) groups is 6. The highest BCUT2D eigenvalue weighted by molar-refractivity contribution is 6.02. The zero-order valence-electron chi connectivity index (χ0n) is 44.9. The molecule has 0 aromatic heterocycles. The molecule has 462 valence electrons. The lowest BCUT2D eigenvalue weighted by molar-refractivity contribution is -0.192. The van der Waals surface area contributed by atoms with Crippen LogP contribution in [0.4, 0.5) is 82.0 Å². The number of nitrogens with two attached hydrogens (primary N) is 1. The molecule has 0 spiro atoms. The van der Waals surface area contributed by atoms with E-state index < -0.39 is 149 Å². The van der Waals surface area contributed by atoms with E-state index in [1.54, 1.807) is 41.5 Å². The molecular weight excluding hydrogens is 1170 g/mol. The van der Waals surface area contributed by atoms with E-state index in [0.717, 1.165) is 12.1 Å². The molecule has 4 aromatic rings. The Labute approximate surface area is 467 Å². The molecule has 16 nitrogen and oxygen atoms in total. The summed E-state index contributed by atoms with van der Waals surface area (Å²) in [5.74, 6) is -5.61. The number of nitrogens with zero attached hydrogens (tertiary/aromatic N) is 2. The Bertz CT molecular complexity index is 3030. The average molecular weight is 1220 g/mol. The second-order valence-electron chi connectivity index (χ2n) is 20.4. The SMILES string of the molecule is CC(C)(C)OC(=O)C[C@@H](NC(=O)OC(C)(C)C)C(=O)N1CCc2cc(OCc3ccc(C(F)(F)F)cc3C(F)(F)F)ccc21.N[C@H](CC(=O)O)C(=O)N1CCc2cc(OCc3ccc(C(F)(F)F)cc3C(F)(F)F)ccc21.O=C(O)C(F)(F)F. The lowest BCUT2D eigenvalue weighted by Crippen LogP contribution is -2.50. The molecule has 6 rings (SSSR count). The third kappa shape index (κ3) is 20.1. The van der Waals surface area contributed by atoms with Crippen LogP contribution in [-0.2, 0) is 84.2 Å². The van der Waals surface area contributed by atoms with Crippen molar-refractivity contribution in [2.24, 2.45) is 5.73 Å². The minimum absolute atomic E-state index is 0.0455. The number of fused-ring (bicyclic) bond motifs is 2. The summed E-state index contributed by atoms with van der Waals surface area (Å²) in [6.45, 7) is 8.98. The Balaban J connectivity index is 0.000000333. The van der Waals surface area contributed by atoms with Crippen molar-refractivity contribution in [3.05, 3.63) is 117 Å². The van der Waals surface area contributed by atoms with Crippen LogP contribution >= 0.6 is 0 Å². The van der Waals surface area contributed by atoms with Gasteiger partial charge in [-0.05, 0) is 126 Å². The molecule has 84 heavy (non-hydrogen) atoms. The minimum atomic E-state index is -5.08. The van der Waals surface area contributed by atoms with Crippen molar-refractivity contribution < 1.29 is 124 Å². The average Bonchev–Trinajstić information content (AvgIpc) is 2.46. The highest BCUT2D eigenvalue weighted by Crippen LogP contribution is 2.41. The van der Waals surface area contributed by atoms with Crippen LogP contribution in [-0.4, -0.2) is 88.6 Å². The number of rotatable bonds is 13. The minimum Gasteiger partial charge on any atom is -0.489 e. The van der Waals surface area contributed by atoms with E-state index in [-0.39, 0.29) is 36.7 Å². The molecule has 0 aliphatic carbocycles. The van der Waals surface area contributed by atoms with E-state index in [9.17, 15) is 89.8 Å². The van der Waals surface area contributed by atoms with E-state index in [1.165, 1.54) is 46.2 Å². The van der Waals surface area contributed by atoms with Gasteiger partial charge in [0.1, 0.15) is 42.0 Å². The van der Waals surface area contributed by atoms with E-state index >= 15 is 0 Å². The molecule has 2 aliphatic rings. The maximum absolute atomic E-state index is 13.6. The third-order valence-electron chi connectivity index (χ3n) is 11.4. The highest BCUT2D eigenvalue weighted by atomic mass is 19.4. The summed E-state index contributed by atoms with van der Waals surface area (Å²) in [6, 6.07) is 8.86. The van der Waals surface area contributed by atoms with Gasteiger partial charge < -0.3 is 50.0 Å². The summed E-state index contributed by atoms with van der Waals surface area (Å²) >= 11 is 0. The third-order valence-corrected chi connectivity index (χ3v) is 11.4. The number of esters is 1. The molecule has 5 N–H and O–H groups in total. The highest BCUT2D eigenvalue weighted by Gasteiger charge is 2.42. The molecule has 2 aliphatic heterocycles. The van der Waals surface area contributed by atoms with Crippen molar-refractivity contribution in [1.82, 2.24) is 5.32 Å². The number of amides is 3. The Kier molecular flexibility index (Phi) is 21.4. The fourth-order valence-electron chi connectivity index (χ4n) is 7.86. The van der Waals surface area contributed by atoms with Crippen LogP contribution in [0.1, 0.15) is 98.9 Å². The number of carboxylic acid groups (broad SMARTS) is 2. The number of carboxylic acids is 2. The lowest BCUT2D eigenvalue weighted by Gasteiger charge is -2.27. The Morgan fingerprint density at radius 3 is 1.29 bits per heavy atom. The van der Waals surface area contributed by atoms with Gasteiger partial charge >= 0.3 is 54.9 Å². The molecule has 2 heterocycles. The zero-order chi connectivity index (χ0) is 63.9. The van der Waals surface area contributed by atoms with Crippen LogP contribution in [0.25, 0.3) is 0 Å². The maximum atomic E-state index is 13.6. The standard InChI is InChI=1S/C30H34F6N2O6.C21H18F6N2O4.C2HF3O2/c1-27(2,3)43-24(39)15-22(37-26(41)44-28(4,5)6)25(40)38-12-11-17-13-20(9-10-23(17)38)42-16-18-7-8-19(29(31,32)33)14-21(18)30(34,35)36;22-20(23,24)13-2-1-12(15(8-13)21(25,26)27)10-33-14-3-4-17-11(7-14)5-6-29(17)19(32)16(28)9-18(30)31;3-2(4,5)1(6)7/h7-10,13-14,22H,11-12,15-16H2,1-6H3,(H,37,41);1-4,7-8,16H,5-6,9-10,28H2,(H,30,31);(H,6,7)/t22-;16-;/m11./s1. The summed E-state index contributed by atoms with van der Waals surface area (Å²) in [7, 11) is 0. The normalized spacial score (nSPS) is 14.3. The van der Waals surface area contributed by atoms with Gasteiger partial charge in [0.2, 0.25) is 11.8 Å². The van der Waals surface area contributed by atoms with Crippen molar-refractivity contribution >= 4 is 47.2 Å². The molecular formula is C53H53F15N4O12. The first-order chi connectivity index (χ1) is 38.2. The van der Waals surface area contributed by atoms with Crippen LogP contribution in [0.15, 0.2) is 72.8 Å². The predicted octanol–water partition coefficient (Wildman–Crippen LogP) is 11.4. The van der Waals surface area contributed by atoms with E-state index in [4.69, 9.17) is 39.7 Å². The summed E-state index contributed by atoms with van der Waals surface area (Å²) in [5.41, 5.74) is -0.666. The number of hydrogen-bond acceptors (Lipinski definition) is 11. The van der Waals surface area contributed by atoms with Gasteiger partial charge in [0.25, 0.3) is 0 Å². The Hall–Kier alpha value is -7.99. The molecule has 0 fully saturated rings. The molecule has 0 saturated heterocycles. The van der Waals surface area contributed by atoms with E-state index in [2.05, 4.69) is 5.32 Å². The van der Waals surface area contributed by atoms with Crippen LogP contribution in [0, 0.1) is 0 Å². The number of alkyl carbamates (subject to hydrolysis) is 1. The van der Waals surface area contributed by atoms with Gasteiger partial charge in [-0.25, -0.2) is 9.59 Å². The Morgan fingerprint density at radius 2 is 0.940 bits per heavy atom. The van der Waals surface area contributed by atoms with Gasteiger partial charge in [-0.15, -0.1) is 0 Å². The van der Waals surface area contributed by atoms with Crippen LogP contribution in [0.5, 0.6) is 11.5 Å². The van der Waals surface area contributed by atoms with Gasteiger partial charge in [-0.1, -0.05) is 12.1 Å². The molecule has 2 atom stereocenters. The van der Waals surface area contributed by atoms with Crippen LogP contribution in [0.3, 0.4) is 0 Å². The van der Waals surface area contributed by atoms with Gasteiger partial charge in [-0.2, -0.15) is 65.9 Å². The van der Waals surface area contributed by atoms with Gasteiger partial charge in [-0.3, -0.25) is 19.2 Å². The zero-order valence-corrected chi connectivity index (χ0v) is 44.9. The van der Waals surface area contributed by atoms with E-state index in [0.29, 0.717) is 47.5 Å². The summed E-state index contributed by atoms with van der Waals surface area (Å²) < 4.78 is 211. The fourth-order valence-corrected chi connectivity index (χ4v) is 7.86. The molecule has 4 aromatic carbocycles. The van der Waals surface area contributed by atoms with Crippen LogP contribution in [0.2, 0.25) is 0 Å². The molecule has 0 unspecified atom stereocenters. The number of hydrogen-bond donors (Lipinski definition) is 4. The number of benzene rings is 4. The lowest BCUT2D eigenvalue weighted by atomic mass is 10.0. The van der Waals surface area contributed by atoms with Crippen molar-refractivity contribution in [3.63, 3.8) is 0 Å². The van der Waals surface area contributed by atoms with Crippen molar-refractivity contribution in [1.29, 1.82) is 0 Å². The predicted molar refractivity (Wildman–Crippen MR) is 264 cm³/mol. The Morgan fingerprint density at radius 1 is 0.548 bits per heavy atom. The second kappa shape index (κ2) is 26.3. The summed E-state index contributed by atoms with van der Waals surface area (Å²) in [4.78, 5) is 73.3. The topological polar surface area (TPSA) is 224 Å². The van der Waals surface area contributed by atoms with Crippen molar-refractivity contribution in [2.45, 2.75) is 135 Å². The number of ether oxygens (including phenoxy) is 4.